The maximum Gasteiger partial charge on any atom is 0.312 e. The summed E-state index contributed by atoms with van der Waals surface area (Å²) in [6.07, 6.45) is 3.52. The van der Waals surface area contributed by atoms with Crippen LogP contribution in [0.3, 0.4) is 0 Å². The van der Waals surface area contributed by atoms with Crippen LogP contribution in [0.15, 0.2) is 6.07 Å². The van der Waals surface area contributed by atoms with Crippen molar-refractivity contribution in [1.82, 2.24) is 0 Å². The SMILES string of the molecule is CC(C)C(C(=O)O)c1cc2c(s1)CCC2. The van der Waals surface area contributed by atoms with Gasteiger partial charge in [-0.2, -0.15) is 0 Å². The smallest absolute Gasteiger partial charge is 0.312 e. The highest BCUT2D eigenvalue weighted by molar-refractivity contribution is 7.12. The first-order chi connectivity index (χ1) is 7.09. The third kappa shape index (κ3) is 1.93. The van der Waals surface area contributed by atoms with Crippen molar-refractivity contribution < 1.29 is 9.90 Å². The lowest BCUT2D eigenvalue weighted by molar-refractivity contribution is -0.139. The van der Waals surface area contributed by atoms with Gasteiger partial charge in [0.25, 0.3) is 0 Å². The minimum atomic E-state index is -0.690. The second-order valence-electron chi connectivity index (χ2n) is 4.51. The van der Waals surface area contributed by atoms with Crippen molar-refractivity contribution in [2.75, 3.05) is 0 Å². The van der Waals surface area contributed by atoms with Crippen LogP contribution in [0.4, 0.5) is 0 Å². The molecule has 0 bridgehead atoms. The minimum Gasteiger partial charge on any atom is -0.481 e. The molecule has 2 nitrogen and oxygen atoms in total. The van der Waals surface area contributed by atoms with Gasteiger partial charge in [-0.1, -0.05) is 13.8 Å². The Kier molecular flexibility index (Phi) is 2.83. The number of aliphatic carboxylic acids is 1. The fourth-order valence-electron chi connectivity index (χ4n) is 2.24. The van der Waals surface area contributed by atoms with Crippen LogP contribution >= 0.6 is 11.3 Å². The predicted molar refractivity (Wildman–Crippen MR) is 61.6 cm³/mol. The van der Waals surface area contributed by atoms with Gasteiger partial charge >= 0.3 is 5.97 Å². The molecule has 1 unspecified atom stereocenters. The molecular weight excluding hydrogens is 208 g/mol. The van der Waals surface area contributed by atoms with E-state index in [1.165, 1.54) is 16.9 Å². The highest BCUT2D eigenvalue weighted by atomic mass is 32.1. The molecule has 2 rings (SSSR count). The number of carbonyl (C=O) groups is 1. The Hall–Kier alpha value is -0.830. The van der Waals surface area contributed by atoms with Crippen LogP contribution in [0.25, 0.3) is 0 Å². The van der Waals surface area contributed by atoms with E-state index in [2.05, 4.69) is 6.07 Å². The van der Waals surface area contributed by atoms with Gasteiger partial charge in [-0.3, -0.25) is 4.79 Å². The number of aryl methyl sites for hydroxylation is 2. The van der Waals surface area contributed by atoms with E-state index < -0.39 is 5.97 Å². The van der Waals surface area contributed by atoms with Crippen LogP contribution in [-0.4, -0.2) is 11.1 Å². The first kappa shape index (κ1) is 10.7. The average Bonchev–Trinajstić information content (AvgIpc) is 2.61. The van der Waals surface area contributed by atoms with E-state index in [4.69, 9.17) is 0 Å². The fourth-order valence-corrected chi connectivity index (χ4v) is 3.76. The fraction of sp³-hybridized carbons (Fsp3) is 0.583. The number of hydrogen-bond donors (Lipinski definition) is 1. The molecule has 0 fully saturated rings. The largest absolute Gasteiger partial charge is 0.481 e. The summed E-state index contributed by atoms with van der Waals surface area (Å²) >= 11 is 1.71. The van der Waals surface area contributed by atoms with Gasteiger partial charge in [-0.05, 0) is 36.8 Å². The highest BCUT2D eigenvalue weighted by Gasteiger charge is 2.27. The maximum atomic E-state index is 11.2. The van der Waals surface area contributed by atoms with Crippen LogP contribution in [-0.2, 0) is 17.6 Å². The first-order valence-corrected chi connectivity index (χ1v) is 6.25. The minimum absolute atomic E-state index is 0.168. The normalized spacial score (nSPS) is 16.7. The van der Waals surface area contributed by atoms with E-state index in [9.17, 15) is 9.90 Å². The number of rotatable bonds is 3. The van der Waals surface area contributed by atoms with Crippen LogP contribution in [0.5, 0.6) is 0 Å². The Morgan fingerprint density at radius 1 is 1.47 bits per heavy atom. The quantitative estimate of drug-likeness (QED) is 0.856. The van der Waals surface area contributed by atoms with Crippen molar-refractivity contribution in [3.05, 3.63) is 21.4 Å². The third-order valence-electron chi connectivity index (χ3n) is 3.00. The average molecular weight is 224 g/mol. The molecule has 82 valence electrons. The van der Waals surface area contributed by atoms with Gasteiger partial charge < -0.3 is 5.11 Å². The van der Waals surface area contributed by atoms with Crippen molar-refractivity contribution in [2.24, 2.45) is 5.92 Å². The molecule has 3 heteroatoms. The standard InChI is InChI=1S/C12H16O2S/c1-7(2)11(12(13)14)10-6-8-4-3-5-9(8)15-10/h6-7,11H,3-5H2,1-2H3,(H,13,14). The summed E-state index contributed by atoms with van der Waals surface area (Å²) in [4.78, 5) is 13.6. The number of carboxylic acids is 1. The molecule has 15 heavy (non-hydrogen) atoms. The molecular formula is C12H16O2S. The van der Waals surface area contributed by atoms with Crippen molar-refractivity contribution in [3.8, 4) is 0 Å². The summed E-state index contributed by atoms with van der Waals surface area (Å²) in [6.45, 7) is 3.95. The molecule has 1 aromatic heterocycles. The Bertz CT molecular complexity index is 357. The number of fused-ring (bicyclic) bond motifs is 1. The van der Waals surface area contributed by atoms with Crippen LogP contribution in [0.1, 0.15) is 41.5 Å². The lowest BCUT2D eigenvalue weighted by Crippen LogP contribution is -2.16. The zero-order valence-electron chi connectivity index (χ0n) is 9.12. The van der Waals surface area contributed by atoms with E-state index >= 15 is 0 Å². The van der Waals surface area contributed by atoms with Gasteiger partial charge in [0.15, 0.2) is 0 Å². The van der Waals surface area contributed by atoms with Gasteiger partial charge in [0, 0.05) is 9.75 Å². The van der Waals surface area contributed by atoms with Gasteiger partial charge in [-0.25, -0.2) is 0 Å². The van der Waals surface area contributed by atoms with E-state index in [1.54, 1.807) is 11.3 Å². The van der Waals surface area contributed by atoms with E-state index in [0.29, 0.717) is 0 Å². The zero-order valence-corrected chi connectivity index (χ0v) is 9.93. The Balaban J connectivity index is 2.31. The Labute approximate surface area is 93.9 Å². The summed E-state index contributed by atoms with van der Waals surface area (Å²) in [6, 6.07) is 2.12. The van der Waals surface area contributed by atoms with E-state index in [-0.39, 0.29) is 11.8 Å². The van der Waals surface area contributed by atoms with E-state index in [0.717, 1.165) is 17.7 Å². The van der Waals surface area contributed by atoms with Gasteiger partial charge in [0.1, 0.15) is 0 Å². The van der Waals surface area contributed by atoms with Gasteiger partial charge in [0.2, 0.25) is 0 Å². The van der Waals surface area contributed by atoms with Crippen molar-refractivity contribution in [2.45, 2.75) is 39.0 Å². The van der Waals surface area contributed by atoms with Crippen LogP contribution in [0.2, 0.25) is 0 Å². The molecule has 0 radical (unpaired) electrons. The lowest BCUT2D eigenvalue weighted by Gasteiger charge is -2.14. The summed E-state index contributed by atoms with van der Waals surface area (Å²) in [5.74, 6) is -0.841. The molecule has 1 atom stereocenters. The van der Waals surface area contributed by atoms with Gasteiger partial charge in [0.05, 0.1) is 5.92 Å². The summed E-state index contributed by atoms with van der Waals surface area (Å²) < 4.78 is 0. The Morgan fingerprint density at radius 3 is 2.73 bits per heavy atom. The van der Waals surface area contributed by atoms with Crippen molar-refractivity contribution in [3.63, 3.8) is 0 Å². The van der Waals surface area contributed by atoms with Crippen LogP contribution < -0.4 is 0 Å². The molecule has 1 N–H and O–H groups in total. The summed E-state index contributed by atoms with van der Waals surface area (Å²) in [7, 11) is 0. The first-order valence-electron chi connectivity index (χ1n) is 5.44. The number of hydrogen-bond acceptors (Lipinski definition) is 2. The highest BCUT2D eigenvalue weighted by Crippen LogP contribution is 2.37. The lowest BCUT2D eigenvalue weighted by atomic mass is 9.94. The van der Waals surface area contributed by atoms with Crippen LogP contribution in [0, 0.1) is 5.92 Å². The molecule has 0 aliphatic heterocycles. The number of carboxylic acid groups (broad SMARTS) is 1. The second-order valence-corrected chi connectivity index (χ2v) is 5.68. The topological polar surface area (TPSA) is 37.3 Å². The maximum absolute atomic E-state index is 11.2. The molecule has 1 heterocycles. The third-order valence-corrected chi connectivity index (χ3v) is 4.33. The van der Waals surface area contributed by atoms with Crippen molar-refractivity contribution in [1.29, 1.82) is 0 Å². The second kappa shape index (κ2) is 3.97. The molecule has 0 saturated carbocycles. The predicted octanol–water partition coefficient (Wildman–Crippen LogP) is 3.06. The summed E-state index contributed by atoms with van der Waals surface area (Å²) in [5.41, 5.74) is 1.39. The molecule has 0 saturated heterocycles. The van der Waals surface area contributed by atoms with Gasteiger partial charge in [-0.15, -0.1) is 11.3 Å². The Morgan fingerprint density at radius 2 is 2.20 bits per heavy atom. The molecule has 1 aliphatic carbocycles. The molecule has 1 aromatic rings. The summed E-state index contributed by atoms with van der Waals surface area (Å²) in [5, 5.41) is 9.19. The van der Waals surface area contributed by atoms with E-state index in [1.807, 2.05) is 13.8 Å². The molecule has 1 aliphatic rings. The van der Waals surface area contributed by atoms with Crippen molar-refractivity contribution >= 4 is 17.3 Å². The molecule has 0 spiro atoms. The zero-order chi connectivity index (χ0) is 11.0. The molecule has 0 amide bonds. The monoisotopic (exact) mass is 224 g/mol. The number of thiophene rings is 1. The molecule has 0 aromatic carbocycles.